The first-order valence-electron chi connectivity index (χ1n) is 6.45. The molecule has 3 nitrogen and oxygen atoms in total. The summed E-state index contributed by atoms with van der Waals surface area (Å²) in [5, 5.41) is 3.29. The Bertz CT molecular complexity index is 643. The van der Waals surface area contributed by atoms with E-state index >= 15 is 0 Å². The summed E-state index contributed by atoms with van der Waals surface area (Å²) < 4.78 is 6.59. The second-order valence-corrected chi connectivity index (χ2v) is 6.01. The summed E-state index contributed by atoms with van der Waals surface area (Å²) in [6, 6.07) is 12.8. The molecule has 0 radical (unpaired) electrons. The highest BCUT2D eigenvalue weighted by Crippen LogP contribution is 2.26. The van der Waals surface area contributed by atoms with Gasteiger partial charge in [-0.05, 0) is 55.8 Å². The molecule has 0 aliphatic rings. The molecule has 110 valence electrons. The average Bonchev–Trinajstić information content (AvgIpc) is 2.45. The lowest BCUT2D eigenvalue weighted by Crippen LogP contribution is -2.30. The largest absolute Gasteiger partial charge is 0.479 e. The van der Waals surface area contributed by atoms with Crippen molar-refractivity contribution in [2.24, 2.45) is 0 Å². The summed E-state index contributed by atoms with van der Waals surface area (Å²) in [5.41, 5.74) is 1.74. The second kappa shape index (κ2) is 6.96. The van der Waals surface area contributed by atoms with Crippen LogP contribution in [-0.2, 0) is 4.79 Å². The minimum absolute atomic E-state index is 0.227. The summed E-state index contributed by atoms with van der Waals surface area (Å²) in [5.74, 6) is 0.282. The number of hydrogen-bond acceptors (Lipinski definition) is 2. The number of nitrogens with one attached hydrogen (secondary N) is 1. The molecule has 5 heteroatoms. The molecule has 2 aromatic rings. The summed E-state index contributed by atoms with van der Waals surface area (Å²) in [4.78, 5) is 12.1. The fraction of sp³-hybridized carbons (Fsp3) is 0.188. The van der Waals surface area contributed by atoms with Crippen LogP contribution in [0.3, 0.4) is 0 Å². The number of carbonyl (C=O) groups is 1. The van der Waals surface area contributed by atoms with E-state index in [1.807, 2.05) is 43.3 Å². The molecule has 1 amide bonds. The second-order valence-electron chi connectivity index (χ2n) is 4.69. The van der Waals surface area contributed by atoms with Crippen LogP contribution in [0.2, 0.25) is 5.02 Å². The van der Waals surface area contributed by atoms with Crippen molar-refractivity contribution in [3.8, 4) is 5.75 Å². The van der Waals surface area contributed by atoms with Crippen molar-refractivity contribution in [3.05, 3.63) is 57.5 Å². The predicted molar refractivity (Wildman–Crippen MR) is 89.1 cm³/mol. The minimum atomic E-state index is -0.645. The topological polar surface area (TPSA) is 38.3 Å². The third-order valence-corrected chi connectivity index (χ3v) is 3.71. The third-order valence-electron chi connectivity index (χ3n) is 2.87. The van der Waals surface area contributed by atoms with Gasteiger partial charge < -0.3 is 10.1 Å². The number of rotatable bonds is 4. The Morgan fingerprint density at radius 1 is 1.24 bits per heavy atom. The van der Waals surface area contributed by atoms with E-state index in [0.29, 0.717) is 16.5 Å². The first-order chi connectivity index (χ1) is 9.95. The van der Waals surface area contributed by atoms with E-state index < -0.39 is 6.10 Å². The number of amides is 1. The van der Waals surface area contributed by atoms with Gasteiger partial charge in [-0.1, -0.05) is 33.6 Å². The zero-order valence-electron chi connectivity index (χ0n) is 11.7. The van der Waals surface area contributed by atoms with Crippen molar-refractivity contribution in [2.45, 2.75) is 20.0 Å². The van der Waals surface area contributed by atoms with Crippen LogP contribution in [0, 0.1) is 6.92 Å². The zero-order valence-corrected chi connectivity index (χ0v) is 14.0. The molecule has 0 saturated carbocycles. The van der Waals surface area contributed by atoms with Crippen LogP contribution in [0.25, 0.3) is 0 Å². The summed E-state index contributed by atoms with van der Waals surface area (Å²) in [6.07, 6.45) is -0.645. The van der Waals surface area contributed by atoms with Crippen LogP contribution in [0.4, 0.5) is 5.69 Å². The molecule has 0 saturated heterocycles. The molecular weight excluding hydrogens is 354 g/mol. The maximum Gasteiger partial charge on any atom is 0.265 e. The van der Waals surface area contributed by atoms with E-state index in [2.05, 4.69) is 21.2 Å². The Kier molecular flexibility index (Phi) is 5.26. The fourth-order valence-corrected chi connectivity index (χ4v) is 2.15. The minimum Gasteiger partial charge on any atom is -0.479 e. The Hall–Kier alpha value is -1.52. The van der Waals surface area contributed by atoms with Crippen LogP contribution < -0.4 is 10.1 Å². The fourth-order valence-electron chi connectivity index (χ4n) is 1.72. The van der Waals surface area contributed by atoms with Crippen LogP contribution in [-0.4, -0.2) is 12.0 Å². The predicted octanol–water partition coefficient (Wildman–Crippen LogP) is 4.82. The quantitative estimate of drug-likeness (QED) is 0.840. The van der Waals surface area contributed by atoms with Crippen LogP contribution in [0.1, 0.15) is 12.5 Å². The SMILES string of the molecule is Cc1ccc(Cl)c(O[C@@H](C)C(=O)Nc2ccc(Br)cc2)c1. The van der Waals surface area contributed by atoms with E-state index in [1.165, 1.54) is 0 Å². The number of hydrogen-bond donors (Lipinski definition) is 1. The molecule has 0 fully saturated rings. The standard InChI is InChI=1S/C16H15BrClNO2/c1-10-3-8-14(18)15(9-10)21-11(2)16(20)19-13-6-4-12(17)5-7-13/h3-9,11H,1-2H3,(H,19,20)/t11-/m0/s1. The molecule has 1 atom stereocenters. The summed E-state index contributed by atoms with van der Waals surface area (Å²) in [7, 11) is 0. The summed E-state index contributed by atoms with van der Waals surface area (Å²) >= 11 is 9.41. The first kappa shape index (κ1) is 15.9. The maximum atomic E-state index is 12.1. The molecular formula is C16H15BrClNO2. The van der Waals surface area contributed by atoms with Gasteiger partial charge in [0.05, 0.1) is 5.02 Å². The lowest BCUT2D eigenvalue weighted by Gasteiger charge is -2.16. The van der Waals surface area contributed by atoms with E-state index in [4.69, 9.17) is 16.3 Å². The number of halogens is 2. The molecule has 0 unspecified atom stereocenters. The molecule has 0 bridgehead atoms. The van der Waals surface area contributed by atoms with E-state index in [9.17, 15) is 4.79 Å². The van der Waals surface area contributed by atoms with Crippen LogP contribution in [0.5, 0.6) is 5.75 Å². The van der Waals surface area contributed by atoms with Gasteiger partial charge in [-0.25, -0.2) is 0 Å². The molecule has 0 aliphatic carbocycles. The Morgan fingerprint density at radius 2 is 1.90 bits per heavy atom. The number of anilines is 1. The van der Waals surface area contributed by atoms with Gasteiger partial charge in [-0.15, -0.1) is 0 Å². The Labute approximate surface area is 137 Å². The Morgan fingerprint density at radius 3 is 2.57 bits per heavy atom. The van der Waals surface area contributed by atoms with Crippen LogP contribution >= 0.6 is 27.5 Å². The molecule has 2 aromatic carbocycles. The number of carbonyl (C=O) groups excluding carboxylic acids is 1. The third kappa shape index (κ3) is 4.48. The van der Waals surface area contributed by atoms with E-state index in [1.54, 1.807) is 13.0 Å². The van der Waals surface area contributed by atoms with Crippen molar-refractivity contribution in [3.63, 3.8) is 0 Å². The van der Waals surface area contributed by atoms with E-state index in [0.717, 1.165) is 10.0 Å². The molecule has 0 aromatic heterocycles. The van der Waals surface area contributed by atoms with Gasteiger partial charge in [-0.2, -0.15) is 0 Å². The van der Waals surface area contributed by atoms with Gasteiger partial charge in [0, 0.05) is 10.2 Å². The van der Waals surface area contributed by atoms with Gasteiger partial charge in [0.15, 0.2) is 6.10 Å². The van der Waals surface area contributed by atoms with Crippen molar-refractivity contribution in [2.75, 3.05) is 5.32 Å². The van der Waals surface area contributed by atoms with Gasteiger partial charge in [-0.3, -0.25) is 4.79 Å². The monoisotopic (exact) mass is 367 g/mol. The first-order valence-corrected chi connectivity index (χ1v) is 7.62. The van der Waals surface area contributed by atoms with Gasteiger partial charge in [0.1, 0.15) is 5.75 Å². The summed E-state index contributed by atoms with van der Waals surface area (Å²) in [6.45, 7) is 3.63. The number of aryl methyl sites for hydroxylation is 1. The van der Waals surface area contributed by atoms with Gasteiger partial charge >= 0.3 is 0 Å². The molecule has 21 heavy (non-hydrogen) atoms. The molecule has 0 heterocycles. The van der Waals surface area contributed by atoms with Crippen molar-refractivity contribution in [1.82, 2.24) is 0 Å². The van der Waals surface area contributed by atoms with E-state index in [-0.39, 0.29) is 5.91 Å². The highest BCUT2D eigenvalue weighted by Gasteiger charge is 2.16. The Balaban J connectivity index is 2.02. The van der Waals surface area contributed by atoms with Crippen molar-refractivity contribution < 1.29 is 9.53 Å². The van der Waals surface area contributed by atoms with Crippen molar-refractivity contribution in [1.29, 1.82) is 0 Å². The molecule has 2 rings (SSSR count). The lowest BCUT2D eigenvalue weighted by molar-refractivity contribution is -0.122. The van der Waals surface area contributed by atoms with Crippen molar-refractivity contribution >= 4 is 39.1 Å². The highest BCUT2D eigenvalue weighted by molar-refractivity contribution is 9.10. The number of benzene rings is 2. The molecule has 0 spiro atoms. The normalized spacial score (nSPS) is 11.8. The number of ether oxygens (including phenoxy) is 1. The maximum absolute atomic E-state index is 12.1. The highest BCUT2D eigenvalue weighted by atomic mass is 79.9. The lowest BCUT2D eigenvalue weighted by atomic mass is 10.2. The van der Waals surface area contributed by atoms with Gasteiger partial charge in [0.2, 0.25) is 0 Å². The molecule has 1 N–H and O–H groups in total. The zero-order chi connectivity index (χ0) is 15.4. The average molecular weight is 369 g/mol. The van der Waals surface area contributed by atoms with Crippen LogP contribution in [0.15, 0.2) is 46.9 Å². The molecule has 0 aliphatic heterocycles. The smallest absolute Gasteiger partial charge is 0.265 e. The van der Waals surface area contributed by atoms with Gasteiger partial charge in [0.25, 0.3) is 5.91 Å².